The van der Waals surface area contributed by atoms with Crippen LogP contribution in [0.3, 0.4) is 0 Å². The first-order valence-electron chi connectivity index (χ1n) is 4.28. The Hall–Kier alpha value is -1.01. The van der Waals surface area contributed by atoms with Crippen molar-refractivity contribution < 1.29 is 0 Å². The third kappa shape index (κ3) is 2.74. The summed E-state index contributed by atoms with van der Waals surface area (Å²) in [5.41, 5.74) is 1.45. The van der Waals surface area contributed by atoms with Gasteiger partial charge in [-0.1, -0.05) is 6.92 Å². The second kappa shape index (κ2) is 4.88. The monoisotopic (exact) mass is 192 g/mol. The summed E-state index contributed by atoms with van der Waals surface area (Å²) < 4.78 is 0. The molecule has 0 atom stereocenters. The maximum Gasteiger partial charge on any atom is 0.154 e. The van der Waals surface area contributed by atoms with Gasteiger partial charge in [-0.2, -0.15) is 5.26 Å². The van der Waals surface area contributed by atoms with Crippen molar-refractivity contribution in [1.82, 2.24) is 4.98 Å². The Morgan fingerprint density at radius 3 is 2.92 bits per heavy atom. The van der Waals surface area contributed by atoms with Gasteiger partial charge in [-0.3, -0.25) is 0 Å². The van der Waals surface area contributed by atoms with Gasteiger partial charge in [-0.15, -0.1) is 11.8 Å². The summed E-state index contributed by atoms with van der Waals surface area (Å²) in [6.45, 7) is 4.02. The van der Waals surface area contributed by atoms with E-state index in [-0.39, 0.29) is 0 Å². The first-order valence-corrected chi connectivity index (χ1v) is 5.27. The second-order valence-corrected chi connectivity index (χ2v) is 3.90. The van der Waals surface area contributed by atoms with Gasteiger partial charge in [-0.05, 0) is 31.2 Å². The zero-order chi connectivity index (χ0) is 9.68. The highest BCUT2D eigenvalue weighted by Gasteiger charge is 2.02. The Morgan fingerprint density at radius 1 is 1.54 bits per heavy atom. The van der Waals surface area contributed by atoms with Crippen LogP contribution in [0.15, 0.2) is 17.0 Å². The van der Waals surface area contributed by atoms with Gasteiger partial charge in [0.25, 0.3) is 0 Å². The van der Waals surface area contributed by atoms with E-state index in [9.17, 15) is 0 Å². The van der Waals surface area contributed by atoms with E-state index >= 15 is 0 Å². The molecule has 1 aromatic rings. The number of pyridine rings is 1. The lowest BCUT2D eigenvalue weighted by molar-refractivity contribution is 1.08. The molecule has 0 radical (unpaired) electrons. The summed E-state index contributed by atoms with van der Waals surface area (Å²) in [5.74, 6) is 1.04. The molecule has 0 aliphatic rings. The fourth-order valence-corrected chi connectivity index (χ4v) is 1.77. The topological polar surface area (TPSA) is 36.7 Å². The van der Waals surface area contributed by atoms with E-state index in [1.807, 2.05) is 19.1 Å². The molecule has 0 bridgehead atoms. The van der Waals surface area contributed by atoms with Crippen molar-refractivity contribution in [2.45, 2.75) is 25.2 Å². The van der Waals surface area contributed by atoms with Gasteiger partial charge in [-0.25, -0.2) is 4.98 Å². The van der Waals surface area contributed by atoms with E-state index in [4.69, 9.17) is 5.26 Å². The summed E-state index contributed by atoms with van der Waals surface area (Å²) in [6, 6.07) is 6.03. The molecule has 0 aromatic carbocycles. The summed E-state index contributed by atoms with van der Waals surface area (Å²) >= 11 is 1.70. The Labute approximate surface area is 83.0 Å². The largest absolute Gasteiger partial charge is 0.241 e. The van der Waals surface area contributed by atoms with Crippen LogP contribution in [0.5, 0.6) is 0 Å². The van der Waals surface area contributed by atoms with Crippen molar-refractivity contribution >= 4 is 11.8 Å². The number of aromatic nitrogens is 1. The van der Waals surface area contributed by atoms with Crippen LogP contribution in [-0.2, 0) is 0 Å². The van der Waals surface area contributed by atoms with Crippen LogP contribution in [0, 0.1) is 18.3 Å². The number of nitriles is 1. The zero-order valence-electron chi connectivity index (χ0n) is 7.87. The van der Waals surface area contributed by atoms with E-state index in [0.717, 1.165) is 22.8 Å². The van der Waals surface area contributed by atoms with Gasteiger partial charge in [0.05, 0.1) is 0 Å². The molecule has 0 spiro atoms. The van der Waals surface area contributed by atoms with Crippen LogP contribution in [0.25, 0.3) is 0 Å². The van der Waals surface area contributed by atoms with Crippen LogP contribution < -0.4 is 0 Å². The lowest BCUT2D eigenvalue weighted by Crippen LogP contribution is -1.90. The highest BCUT2D eigenvalue weighted by molar-refractivity contribution is 7.99. The first kappa shape index (κ1) is 10.1. The fraction of sp³-hybridized carbons (Fsp3) is 0.400. The Kier molecular flexibility index (Phi) is 3.78. The predicted molar refractivity (Wildman–Crippen MR) is 54.7 cm³/mol. The molecule has 0 aliphatic carbocycles. The number of hydrogen-bond acceptors (Lipinski definition) is 3. The number of aryl methyl sites for hydroxylation is 1. The number of thioether (sulfide) groups is 1. The van der Waals surface area contributed by atoms with Crippen molar-refractivity contribution in [1.29, 1.82) is 5.26 Å². The van der Waals surface area contributed by atoms with Crippen molar-refractivity contribution in [3.05, 3.63) is 23.5 Å². The van der Waals surface area contributed by atoms with Crippen molar-refractivity contribution in [3.8, 4) is 6.07 Å². The second-order valence-electron chi connectivity index (χ2n) is 2.76. The molecule has 1 heterocycles. The molecule has 0 aliphatic heterocycles. The molecule has 0 saturated carbocycles. The highest BCUT2D eigenvalue weighted by Crippen LogP contribution is 2.21. The molecule has 68 valence electrons. The summed E-state index contributed by atoms with van der Waals surface area (Å²) in [5, 5.41) is 8.82. The van der Waals surface area contributed by atoms with Gasteiger partial charge < -0.3 is 0 Å². The molecular formula is C10H12N2S. The lowest BCUT2D eigenvalue weighted by Gasteiger charge is -2.01. The van der Waals surface area contributed by atoms with Crippen LogP contribution in [0.2, 0.25) is 0 Å². The van der Waals surface area contributed by atoms with E-state index in [1.54, 1.807) is 11.8 Å². The SMILES string of the molecule is CCCSc1ccc(C)nc1C#N. The van der Waals surface area contributed by atoms with Gasteiger partial charge in [0.2, 0.25) is 0 Å². The fourth-order valence-electron chi connectivity index (χ4n) is 0.953. The maximum atomic E-state index is 8.82. The smallest absolute Gasteiger partial charge is 0.154 e. The minimum atomic E-state index is 0.554. The normalized spacial score (nSPS) is 9.62. The molecule has 0 fully saturated rings. The maximum absolute atomic E-state index is 8.82. The molecule has 3 heteroatoms. The molecule has 0 saturated heterocycles. The van der Waals surface area contributed by atoms with E-state index < -0.39 is 0 Å². The minimum Gasteiger partial charge on any atom is -0.241 e. The average molecular weight is 192 g/mol. The zero-order valence-corrected chi connectivity index (χ0v) is 8.69. The highest BCUT2D eigenvalue weighted by atomic mass is 32.2. The Balaban J connectivity index is 2.88. The predicted octanol–water partition coefficient (Wildman–Crippen LogP) is 2.76. The van der Waals surface area contributed by atoms with Crippen LogP contribution in [0.4, 0.5) is 0 Å². The van der Waals surface area contributed by atoms with Crippen molar-refractivity contribution in [2.75, 3.05) is 5.75 Å². The van der Waals surface area contributed by atoms with Gasteiger partial charge in [0.15, 0.2) is 5.69 Å². The molecular weight excluding hydrogens is 180 g/mol. The Bertz CT molecular complexity index is 328. The van der Waals surface area contributed by atoms with E-state index in [2.05, 4.69) is 18.0 Å². The molecule has 13 heavy (non-hydrogen) atoms. The first-order chi connectivity index (χ1) is 6.27. The molecule has 2 nitrogen and oxygen atoms in total. The molecule has 1 rings (SSSR count). The van der Waals surface area contributed by atoms with Crippen LogP contribution >= 0.6 is 11.8 Å². The standard InChI is InChI=1S/C10H12N2S/c1-3-6-13-10-5-4-8(2)12-9(10)7-11/h4-5H,3,6H2,1-2H3. The quantitative estimate of drug-likeness (QED) is 0.691. The molecule has 0 N–H and O–H groups in total. The van der Waals surface area contributed by atoms with Crippen molar-refractivity contribution in [3.63, 3.8) is 0 Å². The van der Waals surface area contributed by atoms with Gasteiger partial charge in [0, 0.05) is 10.6 Å². The molecule has 0 amide bonds. The molecule has 1 aromatic heterocycles. The summed E-state index contributed by atoms with van der Waals surface area (Å²) in [7, 11) is 0. The number of rotatable bonds is 3. The average Bonchev–Trinajstić information content (AvgIpc) is 2.16. The van der Waals surface area contributed by atoms with Crippen molar-refractivity contribution in [2.24, 2.45) is 0 Å². The Morgan fingerprint density at radius 2 is 2.31 bits per heavy atom. The number of nitrogens with zero attached hydrogens (tertiary/aromatic N) is 2. The third-order valence-corrected chi connectivity index (χ3v) is 2.82. The summed E-state index contributed by atoms with van der Waals surface area (Å²) in [6.07, 6.45) is 1.11. The summed E-state index contributed by atoms with van der Waals surface area (Å²) in [4.78, 5) is 5.16. The lowest BCUT2D eigenvalue weighted by atomic mass is 10.3. The number of hydrogen-bond donors (Lipinski definition) is 0. The van der Waals surface area contributed by atoms with Crippen LogP contribution in [0.1, 0.15) is 24.7 Å². The van der Waals surface area contributed by atoms with E-state index in [0.29, 0.717) is 5.69 Å². The third-order valence-electron chi connectivity index (χ3n) is 1.57. The van der Waals surface area contributed by atoms with E-state index in [1.165, 1.54) is 0 Å². The van der Waals surface area contributed by atoms with Gasteiger partial charge in [0.1, 0.15) is 6.07 Å². The minimum absolute atomic E-state index is 0.554. The van der Waals surface area contributed by atoms with Gasteiger partial charge >= 0.3 is 0 Å². The molecule has 0 unspecified atom stereocenters. The van der Waals surface area contributed by atoms with Crippen LogP contribution in [-0.4, -0.2) is 10.7 Å².